The summed E-state index contributed by atoms with van der Waals surface area (Å²) in [7, 11) is 0. The molecule has 0 radical (unpaired) electrons. The van der Waals surface area contributed by atoms with Gasteiger partial charge in [-0.2, -0.15) is 0 Å². The van der Waals surface area contributed by atoms with Crippen LogP contribution in [0, 0.1) is 5.92 Å². The molecule has 0 spiro atoms. The third-order valence-corrected chi connectivity index (χ3v) is 3.81. The number of hydrogen-bond donors (Lipinski definition) is 1. The zero-order valence-electron chi connectivity index (χ0n) is 9.42. The van der Waals surface area contributed by atoms with Crippen LogP contribution in [0.4, 0.5) is 5.69 Å². The van der Waals surface area contributed by atoms with Gasteiger partial charge in [-0.1, -0.05) is 19.3 Å². The van der Waals surface area contributed by atoms with E-state index in [-0.39, 0.29) is 0 Å². The topological polar surface area (TPSA) is 35.2 Å². The number of hydrogen-bond acceptors (Lipinski definition) is 2. The lowest BCUT2D eigenvalue weighted by Crippen LogP contribution is -2.15. The van der Waals surface area contributed by atoms with Gasteiger partial charge in [-0.05, 0) is 46.8 Å². The molecule has 0 saturated heterocycles. The Labute approximate surface area is 105 Å². The Hall–Kier alpha value is -0.700. The fourth-order valence-corrected chi connectivity index (χ4v) is 2.55. The van der Waals surface area contributed by atoms with Crippen LogP contribution < -0.4 is 10.5 Å². The molecule has 1 saturated carbocycles. The SMILES string of the molecule is Nc1ccc(Br)c(OCC2CCCCC2)c1. The molecule has 2 N–H and O–H groups in total. The summed E-state index contributed by atoms with van der Waals surface area (Å²) < 4.78 is 6.81. The predicted molar refractivity (Wildman–Crippen MR) is 70.6 cm³/mol. The highest BCUT2D eigenvalue weighted by Gasteiger charge is 2.14. The molecule has 1 aliphatic rings. The van der Waals surface area contributed by atoms with Crippen LogP contribution in [0.1, 0.15) is 32.1 Å². The molecule has 1 aromatic rings. The third kappa shape index (κ3) is 3.14. The monoisotopic (exact) mass is 283 g/mol. The number of nitrogen functional groups attached to an aromatic ring is 1. The Morgan fingerprint density at radius 1 is 1.25 bits per heavy atom. The fourth-order valence-electron chi connectivity index (χ4n) is 2.19. The molecular formula is C13H18BrNO. The molecule has 0 aliphatic heterocycles. The Morgan fingerprint density at radius 3 is 2.75 bits per heavy atom. The van der Waals surface area contributed by atoms with E-state index in [1.807, 2.05) is 18.2 Å². The molecule has 2 nitrogen and oxygen atoms in total. The van der Waals surface area contributed by atoms with Gasteiger partial charge >= 0.3 is 0 Å². The maximum absolute atomic E-state index is 5.83. The van der Waals surface area contributed by atoms with Gasteiger partial charge < -0.3 is 10.5 Å². The van der Waals surface area contributed by atoms with Crippen molar-refractivity contribution in [1.82, 2.24) is 0 Å². The summed E-state index contributed by atoms with van der Waals surface area (Å²) in [5.41, 5.74) is 6.49. The molecule has 1 aromatic carbocycles. The Kier molecular flexibility index (Phi) is 4.10. The average Bonchev–Trinajstić information content (AvgIpc) is 2.32. The van der Waals surface area contributed by atoms with Crippen molar-refractivity contribution in [3.05, 3.63) is 22.7 Å². The zero-order chi connectivity index (χ0) is 11.4. The summed E-state index contributed by atoms with van der Waals surface area (Å²) in [5.74, 6) is 1.59. The first kappa shape index (κ1) is 11.8. The maximum atomic E-state index is 5.83. The minimum absolute atomic E-state index is 0.724. The number of rotatable bonds is 3. The van der Waals surface area contributed by atoms with E-state index in [9.17, 15) is 0 Å². The Bertz CT molecular complexity index is 348. The van der Waals surface area contributed by atoms with Crippen molar-refractivity contribution in [2.45, 2.75) is 32.1 Å². The maximum Gasteiger partial charge on any atom is 0.135 e. The summed E-state index contributed by atoms with van der Waals surface area (Å²) >= 11 is 3.47. The summed E-state index contributed by atoms with van der Waals surface area (Å²) in [4.78, 5) is 0. The van der Waals surface area contributed by atoms with Crippen LogP contribution in [0.3, 0.4) is 0 Å². The molecule has 1 aliphatic carbocycles. The van der Waals surface area contributed by atoms with Crippen molar-refractivity contribution >= 4 is 21.6 Å². The molecule has 16 heavy (non-hydrogen) atoms. The van der Waals surface area contributed by atoms with Gasteiger partial charge in [0.1, 0.15) is 5.75 Å². The van der Waals surface area contributed by atoms with Crippen LogP contribution in [0.5, 0.6) is 5.75 Å². The first-order valence-electron chi connectivity index (χ1n) is 5.93. The van der Waals surface area contributed by atoms with E-state index < -0.39 is 0 Å². The van der Waals surface area contributed by atoms with Crippen molar-refractivity contribution in [2.75, 3.05) is 12.3 Å². The lowest BCUT2D eigenvalue weighted by Gasteiger charge is -2.22. The highest BCUT2D eigenvalue weighted by atomic mass is 79.9. The second-order valence-electron chi connectivity index (χ2n) is 4.50. The molecule has 1 fully saturated rings. The van der Waals surface area contributed by atoms with Crippen molar-refractivity contribution in [2.24, 2.45) is 5.92 Å². The van der Waals surface area contributed by atoms with Crippen molar-refractivity contribution in [3.8, 4) is 5.75 Å². The minimum atomic E-state index is 0.724. The largest absolute Gasteiger partial charge is 0.492 e. The Balaban J connectivity index is 1.90. The summed E-state index contributed by atoms with van der Waals surface area (Å²) in [6.45, 7) is 0.821. The van der Waals surface area contributed by atoms with Crippen LogP contribution in [0.2, 0.25) is 0 Å². The van der Waals surface area contributed by atoms with E-state index in [2.05, 4.69) is 15.9 Å². The van der Waals surface area contributed by atoms with Crippen molar-refractivity contribution < 1.29 is 4.74 Å². The molecule has 0 atom stereocenters. The van der Waals surface area contributed by atoms with E-state index in [0.29, 0.717) is 0 Å². The van der Waals surface area contributed by atoms with E-state index in [1.54, 1.807) is 0 Å². The number of halogens is 1. The Morgan fingerprint density at radius 2 is 2.00 bits per heavy atom. The standard InChI is InChI=1S/C13H18BrNO/c14-12-7-6-11(15)8-13(12)16-9-10-4-2-1-3-5-10/h6-8,10H,1-5,9,15H2. The quantitative estimate of drug-likeness (QED) is 0.852. The summed E-state index contributed by atoms with van der Waals surface area (Å²) in [6.07, 6.45) is 6.70. The molecule has 0 bridgehead atoms. The fraction of sp³-hybridized carbons (Fsp3) is 0.538. The summed E-state index contributed by atoms with van der Waals surface area (Å²) in [6, 6.07) is 5.69. The molecular weight excluding hydrogens is 266 g/mol. The number of benzene rings is 1. The van der Waals surface area contributed by atoms with Gasteiger partial charge in [-0.3, -0.25) is 0 Å². The van der Waals surface area contributed by atoms with E-state index >= 15 is 0 Å². The highest BCUT2D eigenvalue weighted by Crippen LogP contribution is 2.29. The van der Waals surface area contributed by atoms with Crippen molar-refractivity contribution in [1.29, 1.82) is 0 Å². The lowest BCUT2D eigenvalue weighted by atomic mass is 9.90. The third-order valence-electron chi connectivity index (χ3n) is 3.15. The van der Waals surface area contributed by atoms with Crippen LogP contribution in [0.25, 0.3) is 0 Å². The number of ether oxygens (including phenoxy) is 1. The molecule has 0 heterocycles. The van der Waals surface area contributed by atoms with E-state index in [0.717, 1.165) is 28.4 Å². The van der Waals surface area contributed by atoms with Gasteiger partial charge in [0.15, 0.2) is 0 Å². The van der Waals surface area contributed by atoms with E-state index in [4.69, 9.17) is 10.5 Å². The molecule has 88 valence electrons. The summed E-state index contributed by atoms with van der Waals surface area (Å²) in [5, 5.41) is 0. The van der Waals surface area contributed by atoms with Gasteiger partial charge in [0.2, 0.25) is 0 Å². The average molecular weight is 284 g/mol. The zero-order valence-corrected chi connectivity index (χ0v) is 11.0. The first-order chi connectivity index (χ1) is 7.75. The lowest BCUT2D eigenvalue weighted by molar-refractivity contribution is 0.208. The van der Waals surface area contributed by atoms with Crippen LogP contribution >= 0.6 is 15.9 Å². The van der Waals surface area contributed by atoms with Crippen LogP contribution in [-0.4, -0.2) is 6.61 Å². The molecule has 0 aromatic heterocycles. The molecule has 2 rings (SSSR count). The van der Waals surface area contributed by atoms with Gasteiger partial charge in [0.25, 0.3) is 0 Å². The smallest absolute Gasteiger partial charge is 0.135 e. The van der Waals surface area contributed by atoms with Crippen LogP contribution in [-0.2, 0) is 0 Å². The van der Waals surface area contributed by atoms with Gasteiger partial charge in [-0.15, -0.1) is 0 Å². The number of nitrogens with two attached hydrogens (primary N) is 1. The van der Waals surface area contributed by atoms with Gasteiger partial charge in [0.05, 0.1) is 11.1 Å². The first-order valence-corrected chi connectivity index (χ1v) is 6.73. The normalized spacial score (nSPS) is 17.3. The van der Waals surface area contributed by atoms with Gasteiger partial charge in [0, 0.05) is 11.8 Å². The van der Waals surface area contributed by atoms with Gasteiger partial charge in [-0.25, -0.2) is 0 Å². The van der Waals surface area contributed by atoms with E-state index in [1.165, 1.54) is 32.1 Å². The number of anilines is 1. The minimum Gasteiger partial charge on any atom is -0.492 e. The highest BCUT2D eigenvalue weighted by molar-refractivity contribution is 9.10. The van der Waals surface area contributed by atoms with Crippen LogP contribution in [0.15, 0.2) is 22.7 Å². The van der Waals surface area contributed by atoms with Crippen molar-refractivity contribution in [3.63, 3.8) is 0 Å². The predicted octanol–water partition coefficient (Wildman–Crippen LogP) is 3.99. The second kappa shape index (κ2) is 5.58. The molecule has 0 amide bonds. The second-order valence-corrected chi connectivity index (χ2v) is 5.36. The molecule has 3 heteroatoms. The molecule has 0 unspecified atom stereocenters.